The summed E-state index contributed by atoms with van der Waals surface area (Å²) in [7, 11) is -1.37. The van der Waals surface area contributed by atoms with Gasteiger partial charge in [-0.1, -0.05) is 36.4 Å². The number of fused-ring (bicyclic) bond motifs is 1. The highest BCUT2D eigenvalue weighted by Gasteiger charge is 2.34. The summed E-state index contributed by atoms with van der Waals surface area (Å²) in [4.78, 5) is 14.4. The number of benzene rings is 3. The third-order valence-corrected chi connectivity index (χ3v) is 8.52. The molecule has 1 amide bonds. The summed E-state index contributed by atoms with van der Waals surface area (Å²) in [6.07, 6.45) is -3.89. The third-order valence-electron chi connectivity index (χ3n) is 6.67. The first-order chi connectivity index (χ1) is 18.5. The number of carbonyl (C=O) groups is 1. The molecule has 0 atom stereocenters. The maximum Gasteiger partial charge on any atom is 0.416 e. The van der Waals surface area contributed by atoms with Crippen LogP contribution in [0.1, 0.15) is 22.3 Å². The van der Waals surface area contributed by atoms with Gasteiger partial charge in [-0.25, -0.2) is 8.42 Å². The summed E-state index contributed by atoms with van der Waals surface area (Å²) in [5.41, 5.74) is 1.61. The van der Waals surface area contributed by atoms with Crippen molar-refractivity contribution < 1.29 is 35.9 Å². The molecule has 0 fully saturated rings. The van der Waals surface area contributed by atoms with Gasteiger partial charge in [-0.2, -0.15) is 17.5 Å². The van der Waals surface area contributed by atoms with Crippen molar-refractivity contribution in [1.29, 1.82) is 0 Å². The largest absolute Gasteiger partial charge is 0.493 e. The molecule has 0 aliphatic carbocycles. The fourth-order valence-corrected chi connectivity index (χ4v) is 5.95. The number of methoxy groups -OCH3 is 2. The molecule has 11 heteroatoms. The van der Waals surface area contributed by atoms with Crippen LogP contribution in [0.5, 0.6) is 11.5 Å². The first-order valence-corrected chi connectivity index (χ1v) is 13.7. The van der Waals surface area contributed by atoms with Crippen LogP contribution in [0.25, 0.3) is 0 Å². The summed E-state index contributed by atoms with van der Waals surface area (Å²) >= 11 is 0. The Bertz CT molecular complexity index is 1430. The Morgan fingerprint density at radius 3 is 2.26 bits per heavy atom. The van der Waals surface area contributed by atoms with E-state index in [-0.39, 0.29) is 19.5 Å². The first kappa shape index (κ1) is 28.4. The second-order valence-electron chi connectivity index (χ2n) is 9.14. The zero-order chi connectivity index (χ0) is 28.2. The summed E-state index contributed by atoms with van der Waals surface area (Å²) in [5, 5.41) is 0. The van der Waals surface area contributed by atoms with E-state index in [9.17, 15) is 26.4 Å². The molecule has 0 unspecified atom stereocenters. The van der Waals surface area contributed by atoms with Crippen LogP contribution in [0.2, 0.25) is 0 Å². The van der Waals surface area contributed by atoms with Gasteiger partial charge in [0.15, 0.2) is 11.5 Å². The van der Waals surface area contributed by atoms with Crippen molar-refractivity contribution in [3.63, 3.8) is 0 Å². The Kier molecular flexibility index (Phi) is 8.51. The first-order valence-electron chi connectivity index (χ1n) is 12.3. The molecule has 39 heavy (non-hydrogen) atoms. The molecule has 1 aliphatic rings. The van der Waals surface area contributed by atoms with E-state index in [4.69, 9.17) is 9.47 Å². The van der Waals surface area contributed by atoms with E-state index in [0.29, 0.717) is 30.5 Å². The van der Waals surface area contributed by atoms with Gasteiger partial charge >= 0.3 is 6.18 Å². The Morgan fingerprint density at radius 2 is 1.62 bits per heavy atom. The van der Waals surface area contributed by atoms with Crippen LogP contribution in [0.3, 0.4) is 0 Å². The van der Waals surface area contributed by atoms with Crippen LogP contribution >= 0.6 is 0 Å². The van der Waals surface area contributed by atoms with Gasteiger partial charge in [0.1, 0.15) is 0 Å². The summed E-state index contributed by atoms with van der Waals surface area (Å²) in [6.45, 7) is 0.0138. The predicted molar refractivity (Wildman–Crippen MR) is 139 cm³/mol. The number of rotatable bonds is 9. The maximum absolute atomic E-state index is 13.6. The van der Waals surface area contributed by atoms with E-state index in [2.05, 4.69) is 0 Å². The van der Waals surface area contributed by atoms with Crippen molar-refractivity contribution in [1.82, 2.24) is 9.21 Å². The number of alkyl halides is 3. The lowest BCUT2D eigenvalue weighted by molar-refractivity contribution is -0.137. The van der Waals surface area contributed by atoms with Crippen LogP contribution in [-0.4, -0.2) is 57.4 Å². The number of hydrogen-bond donors (Lipinski definition) is 0. The number of amides is 1. The highest BCUT2D eigenvalue weighted by atomic mass is 32.2. The quantitative estimate of drug-likeness (QED) is 0.383. The van der Waals surface area contributed by atoms with Gasteiger partial charge in [-0.05, 0) is 59.9 Å². The molecule has 1 aliphatic heterocycles. The topological polar surface area (TPSA) is 76.2 Å². The van der Waals surface area contributed by atoms with Gasteiger partial charge in [0.05, 0.1) is 31.2 Å². The van der Waals surface area contributed by atoms with Gasteiger partial charge < -0.3 is 14.4 Å². The number of halogens is 3. The minimum atomic E-state index is -4.71. The summed E-state index contributed by atoms with van der Waals surface area (Å²) in [6, 6.07) is 16.3. The van der Waals surface area contributed by atoms with Crippen LogP contribution in [0, 0.1) is 0 Å². The van der Waals surface area contributed by atoms with Crippen LogP contribution in [-0.2, 0) is 40.4 Å². The molecule has 1 heterocycles. The molecule has 7 nitrogen and oxygen atoms in total. The molecule has 3 aromatic carbocycles. The SMILES string of the molecule is COc1cc2c(cc1OC)CN(C(=O)CN(CCc1ccccc1)S(=O)(=O)c1cccc(C(F)(F)F)c1)CC2. The number of sulfonamides is 1. The molecule has 0 N–H and O–H groups in total. The molecule has 0 aromatic heterocycles. The van der Waals surface area contributed by atoms with E-state index < -0.39 is 39.1 Å². The highest BCUT2D eigenvalue weighted by molar-refractivity contribution is 7.89. The lowest BCUT2D eigenvalue weighted by Crippen LogP contribution is -2.45. The number of ether oxygens (including phenoxy) is 2. The van der Waals surface area contributed by atoms with Gasteiger partial charge in [0.25, 0.3) is 0 Å². The number of carbonyl (C=O) groups excluding carboxylic acids is 1. The minimum Gasteiger partial charge on any atom is -0.493 e. The molecule has 0 spiro atoms. The van der Waals surface area contributed by atoms with Crippen molar-refractivity contribution in [3.05, 3.63) is 89.0 Å². The Balaban J connectivity index is 1.59. The Hall–Kier alpha value is -3.57. The Morgan fingerprint density at radius 1 is 0.949 bits per heavy atom. The second kappa shape index (κ2) is 11.7. The standard InChI is InChI=1S/C28H29F3N2O5S/c1-37-25-15-21-12-13-32(18-22(21)16-26(25)38-2)27(34)19-33(14-11-20-7-4-3-5-8-20)39(35,36)24-10-6-9-23(17-24)28(29,30)31/h3-10,15-17H,11-14,18-19H2,1-2H3. The third kappa shape index (κ3) is 6.54. The number of hydrogen-bond acceptors (Lipinski definition) is 5. The fraction of sp³-hybridized carbons (Fsp3) is 0.321. The van der Waals surface area contributed by atoms with E-state index >= 15 is 0 Å². The molecule has 0 saturated carbocycles. The van der Waals surface area contributed by atoms with Gasteiger partial charge in [-0.3, -0.25) is 4.79 Å². The summed E-state index contributed by atoms with van der Waals surface area (Å²) < 4.78 is 78.8. The zero-order valence-corrected chi connectivity index (χ0v) is 22.4. The van der Waals surface area contributed by atoms with Crippen molar-refractivity contribution in [3.8, 4) is 11.5 Å². The number of nitrogens with zero attached hydrogens (tertiary/aromatic N) is 2. The maximum atomic E-state index is 13.6. The van der Waals surface area contributed by atoms with Gasteiger partial charge in [0.2, 0.25) is 15.9 Å². The van der Waals surface area contributed by atoms with Crippen molar-refractivity contribution in [2.45, 2.75) is 30.5 Å². The van der Waals surface area contributed by atoms with Crippen LogP contribution < -0.4 is 9.47 Å². The van der Waals surface area contributed by atoms with Gasteiger partial charge in [0, 0.05) is 19.6 Å². The van der Waals surface area contributed by atoms with Crippen molar-refractivity contribution in [2.24, 2.45) is 0 Å². The van der Waals surface area contributed by atoms with Crippen LogP contribution in [0.4, 0.5) is 13.2 Å². The molecule has 3 aromatic rings. The monoisotopic (exact) mass is 562 g/mol. The molecular formula is C28H29F3N2O5S. The highest BCUT2D eigenvalue weighted by Crippen LogP contribution is 2.34. The molecule has 0 bridgehead atoms. The normalized spacial score (nSPS) is 13.7. The van der Waals surface area contributed by atoms with Crippen molar-refractivity contribution >= 4 is 15.9 Å². The smallest absolute Gasteiger partial charge is 0.416 e. The molecular weight excluding hydrogens is 533 g/mol. The van der Waals surface area contributed by atoms with Crippen molar-refractivity contribution in [2.75, 3.05) is 33.9 Å². The van der Waals surface area contributed by atoms with E-state index in [1.54, 1.807) is 23.1 Å². The average Bonchev–Trinajstić information content (AvgIpc) is 2.94. The van der Waals surface area contributed by atoms with E-state index in [1.807, 2.05) is 24.3 Å². The zero-order valence-electron chi connectivity index (χ0n) is 21.6. The Labute approximate surface area is 225 Å². The predicted octanol–water partition coefficient (Wildman–Crippen LogP) is 4.54. The summed E-state index contributed by atoms with van der Waals surface area (Å²) in [5.74, 6) is 0.650. The molecule has 208 valence electrons. The van der Waals surface area contributed by atoms with Gasteiger partial charge in [-0.15, -0.1) is 0 Å². The second-order valence-corrected chi connectivity index (χ2v) is 11.1. The minimum absolute atomic E-state index is 0.0796. The van der Waals surface area contributed by atoms with E-state index in [0.717, 1.165) is 39.2 Å². The lowest BCUT2D eigenvalue weighted by Gasteiger charge is -2.31. The average molecular weight is 563 g/mol. The fourth-order valence-electron chi connectivity index (χ4n) is 4.51. The molecule has 4 rings (SSSR count). The molecule has 0 saturated heterocycles. The molecule has 0 radical (unpaired) electrons. The van der Waals surface area contributed by atoms with Crippen LogP contribution in [0.15, 0.2) is 71.6 Å². The van der Waals surface area contributed by atoms with E-state index in [1.165, 1.54) is 14.2 Å². The lowest BCUT2D eigenvalue weighted by atomic mass is 9.98.